The predicted octanol–water partition coefficient (Wildman–Crippen LogP) is 2.72. The molecule has 1 N–H and O–H groups in total. The van der Waals surface area contributed by atoms with Crippen LogP contribution in [-0.4, -0.2) is 12.6 Å². The molecule has 0 aliphatic carbocycles. The van der Waals surface area contributed by atoms with Gasteiger partial charge in [-0.2, -0.15) is 39.9 Å². The normalized spacial score (nSPS) is 13.4. The summed E-state index contributed by atoms with van der Waals surface area (Å²) in [5.74, 6) is 2.51. The van der Waals surface area contributed by atoms with E-state index in [1.165, 1.54) is 5.92 Å². The van der Waals surface area contributed by atoms with Crippen molar-refractivity contribution in [2.45, 2.75) is 47.1 Å². The molecule has 0 saturated heterocycles. The zero-order chi connectivity index (χ0) is 11.1. The van der Waals surface area contributed by atoms with Crippen LogP contribution in [0.3, 0.4) is 0 Å². The van der Waals surface area contributed by atoms with E-state index in [0.29, 0.717) is 0 Å². The molecule has 0 aromatic carbocycles. The number of rotatable bonds is 2. The molecule has 1 atom stereocenters. The fourth-order valence-electron chi connectivity index (χ4n) is 0.418. The van der Waals surface area contributed by atoms with Gasteiger partial charge < -0.3 is 11.2 Å². The second-order valence-electron chi connectivity index (χ2n) is 3.99. The Hall–Kier alpha value is 0.138. The van der Waals surface area contributed by atoms with Gasteiger partial charge in [-0.05, 0) is 12.6 Å². The number of nitrogens with one attached hydrogen (secondary N) is 1. The molecule has 0 heterocycles. The Labute approximate surface area is 104 Å². The van der Waals surface area contributed by atoms with Gasteiger partial charge in [0.1, 0.15) is 0 Å². The van der Waals surface area contributed by atoms with Gasteiger partial charge in [-0.3, -0.25) is 5.92 Å². The number of nitriles is 1. The van der Waals surface area contributed by atoms with E-state index in [0.717, 1.165) is 5.92 Å². The minimum absolute atomic E-state index is 0. The first-order chi connectivity index (χ1) is 5.80. The van der Waals surface area contributed by atoms with Crippen molar-refractivity contribution < 1.29 is 21.1 Å². The molecule has 0 fully saturated rings. The van der Waals surface area contributed by atoms with Crippen molar-refractivity contribution in [3.63, 3.8) is 0 Å². The minimum Gasteiger partial charge on any atom is -0.330 e. The van der Waals surface area contributed by atoms with Crippen LogP contribution in [0.1, 0.15) is 41.5 Å². The third kappa shape index (κ3) is 10.2. The van der Waals surface area contributed by atoms with Crippen LogP contribution in [0.25, 0.3) is 0 Å². The fourth-order valence-corrected chi connectivity index (χ4v) is 0.418. The van der Waals surface area contributed by atoms with Gasteiger partial charge in [0.25, 0.3) is 0 Å². The summed E-state index contributed by atoms with van der Waals surface area (Å²) < 4.78 is 0. The minimum atomic E-state index is -0.444. The number of hydrogen-bond acceptors (Lipinski definition) is 2. The van der Waals surface area contributed by atoms with Crippen LogP contribution in [0.4, 0.5) is 0 Å². The molecule has 0 bridgehead atoms. The van der Waals surface area contributed by atoms with Crippen molar-refractivity contribution in [1.29, 1.82) is 5.26 Å². The average Bonchev–Trinajstić information content (AvgIpc) is 2.01. The van der Waals surface area contributed by atoms with Gasteiger partial charge in [0.15, 0.2) is 0 Å². The first kappa shape index (κ1) is 19.7. The Morgan fingerprint density at radius 3 is 1.43 bits per heavy atom. The summed E-state index contributed by atoms with van der Waals surface area (Å²) in [6, 6.07) is 2.18. The van der Waals surface area contributed by atoms with Crippen LogP contribution in [0.2, 0.25) is 0 Å². The van der Waals surface area contributed by atoms with E-state index in [4.69, 9.17) is 5.26 Å². The third-order valence-electron chi connectivity index (χ3n) is 1.72. The van der Waals surface area contributed by atoms with E-state index in [1.807, 2.05) is 20.8 Å². The van der Waals surface area contributed by atoms with Crippen molar-refractivity contribution in [2.24, 2.45) is 0 Å². The maximum absolute atomic E-state index is 8.62. The topological polar surface area (TPSA) is 35.8 Å². The van der Waals surface area contributed by atoms with Gasteiger partial charge in [0.2, 0.25) is 0 Å². The van der Waals surface area contributed by atoms with Crippen molar-refractivity contribution in [3.8, 4) is 6.07 Å². The van der Waals surface area contributed by atoms with Crippen molar-refractivity contribution >= 4 is 0 Å². The molecule has 3 heteroatoms. The SMILES string of the molecule is CNC(C)(C#N)[C-](C)C.C[C-](C)C.[W+2]. The Morgan fingerprint density at radius 2 is 1.43 bits per heavy atom. The molecule has 14 heavy (non-hydrogen) atoms. The molecule has 0 aliphatic heterocycles. The van der Waals surface area contributed by atoms with Crippen LogP contribution < -0.4 is 5.32 Å². The van der Waals surface area contributed by atoms with E-state index in [9.17, 15) is 0 Å². The van der Waals surface area contributed by atoms with Crippen LogP contribution in [0, 0.1) is 23.2 Å². The molecule has 0 aliphatic rings. The fraction of sp³-hybridized carbons (Fsp3) is 0.727. The van der Waals surface area contributed by atoms with Crippen LogP contribution >= 0.6 is 0 Å². The largest absolute Gasteiger partial charge is 2.00 e. The monoisotopic (exact) mass is 366 g/mol. The Bertz CT molecular complexity index is 158. The second kappa shape index (κ2) is 9.68. The summed E-state index contributed by atoms with van der Waals surface area (Å²) >= 11 is 0. The number of nitrogens with zero attached hydrogens (tertiary/aromatic N) is 1. The molecule has 0 aromatic rings. The average molecular weight is 366 g/mol. The third-order valence-corrected chi connectivity index (χ3v) is 1.72. The van der Waals surface area contributed by atoms with Gasteiger partial charge in [-0.15, -0.1) is 0 Å². The zero-order valence-electron chi connectivity index (χ0n) is 10.4. The van der Waals surface area contributed by atoms with E-state index in [-0.39, 0.29) is 21.1 Å². The quantitative estimate of drug-likeness (QED) is 0.763. The van der Waals surface area contributed by atoms with Crippen molar-refractivity contribution in [2.75, 3.05) is 7.05 Å². The van der Waals surface area contributed by atoms with Gasteiger partial charge in [0.05, 0.1) is 6.07 Å². The molecule has 82 valence electrons. The molecule has 0 radical (unpaired) electrons. The molecule has 2 nitrogen and oxygen atoms in total. The van der Waals surface area contributed by atoms with Crippen molar-refractivity contribution in [1.82, 2.24) is 5.32 Å². The van der Waals surface area contributed by atoms with Crippen LogP contribution in [-0.2, 0) is 21.1 Å². The Morgan fingerprint density at radius 1 is 1.14 bits per heavy atom. The van der Waals surface area contributed by atoms with E-state index < -0.39 is 5.54 Å². The van der Waals surface area contributed by atoms with Gasteiger partial charge in [0, 0.05) is 0 Å². The molecule has 1 unspecified atom stereocenters. The number of hydrogen-bond donors (Lipinski definition) is 1. The van der Waals surface area contributed by atoms with E-state index >= 15 is 0 Å². The van der Waals surface area contributed by atoms with Gasteiger partial charge in [-0.25, -0.2) is 0 Å². The van der Waals surface area contributed by atoms with Crippen molar-refractivity contribution in [3.05, 3.63) is 11.8 Å². The molecular formula is C11H22N2W. The zero-order valence-corrected chi connectivity index (χ0v) is 13.3. The summed E-state index contributed by atoms with van der Waals surface area (Å²) in [5.41, 5.74) is -0.444. The summed E-state index contributed by atoms with van der Waals surface area (Å²) in [6.45, 7) is 12.0. The maximum Gasteiger partial charge on any atom is 2.00 e. The van der Waals surface area contributed by atoms with Crippen LogP contribution in [0.15, 0.2) is 0 Å². The second-order valence-corrected chi connectivity index (χ2v) is 3.99. The van der Waals surface area contributed by atoms with Gasteiger partial charge in [-0.1, -0.05) is 6.92 Å². The molecule has 0 aromatic heterocycles. The van der Waals surface area contributed by atoms with Crippen LogP contribution in [0.5, 0.6) is 0 Å². The first-order valence-electron chi connectivity index (χ1n) is 4.47. The summed E-state index contributed by atoms with van der Waals surface area (Å²) in [7, 11) is 1.79. The Balaban J connectivity index is -0.000000209. The standard InChI is InChI=1S/C7H13N2.C4H9.W/c1-6(2)7(3,5-8)9-4;1-4(2)3;/h9H,1-4H3;1-3H3;/q2*-1;+2. The summed E-state index contributed by atoms with van der Waals surface area (Å²) in [5, 5.41) is 11.6. The molecule has 0 rings (SSSR count). The first-order valence-corrected chi connectivity index (χ1v) is 4.47. The molecule has 0 spiro atoms. The predicted molar refractivity (Wildman–Crippen MR) is 57.9 cm³/mol. The Kier molecular flexibility index (Phi) is 13.6. The summed E-state index contributed by atoms with van der Waals surface area (Å²) in [6.07, 6.45) is 0. The van der Waals surface area contributed by atoms with Gasteiger partial charge >= 0.3 is 21.1 Å². The maximum atomic E-state index is 8.62. The molecule has 0 amide bonds. The smallest absolute Gasteiger partial charge is 0.330 e. The molecule has 0 saturated carbocycles. The van der Waals surface area contributed by atoms with E-state index in [1.54, 1.807) is 7.05 Å². The summed E-state index contributed by atoms with van der Waals surface area (Å²) in [4.78, 5) is 0. The molecular weight excluding hydrogens is 344 g/mol. The van der Waals surface area contributed by atoms with E-state index in [2.05, 4.69) is 32.2 Å².